The van der Waals surface area contributed by atoms with Gasteiger partial charge >= 0.3 is 0 Å². The van der Waals surface area contributed by atoms with Crippen LogP contribution in [0.1, 0.15) is 32.6 Å². The van der Waals surface area contributed by atoms with E-state index in [4.69, 9.17) is 0 Å². The predicted octanol–water partition coefficient (Wildman–Crippen LogP) is 1.53. The summed E-state index contributed by atoms with van der Waals surface area (Å²) >= 11 is 0. The molecule has 78 valence electrons. The van der Waals surface area contributed by atoms with Crippen molar-refractivity contribution in [3.8, 4) is 0 Å². The van der Waals surface area contributed by atoms with Gasteiger partial charge in [0.2, 0.25) is 5.91 Å². The van der Waals surface area contributed by atoms with Crippen molar-refractivity contribution in [2.75, 3.05) is 6.54 Å². The number of carbonyl (C=O) groups is 2. The largest absolute Gasteiger partial charge is 0.333 e. The number of carbonyl (C=O) groups excluding carboxylic acids is 2. The van der Waals surface area contributed by atoms with Crippen LogP contribution in [0.5, 0.6) is 0 Å². The summed E-state index contributed by atoms with van der Waals surface area (Å²) in [5, 5.41) is 0. The molecule has 0 aromatic rings. The number of hydrogen-bond donors (Lipinski definition) is 0. The monoisotopic (exact) mass is 195 g/mol. The van der Waals surface area contributed by atoms with E-state index in [1.165, 1.54) is 0 Å². The molecule has 0 aliphatic carbocycles. The highest BCUT2D eigenvalue weighted by molar-refractivity contribution is 5.88. The number of Topliss-reactive ketones (excluding diaryl/α,β-unsaturated/α-hetero) is 1. The molecule has 1 amide bonds. The lowest BCUT2D eigenvalue weighted by molar-refractivity contribution is -0.136. The Labute approximate surface area is 84.8 Å². The average Bonchev–Trinajstić information content (AvgIpc) is 2.62. The molecule has 0 aromatic carbocycles. The summed E-state index contributed by atoms with van der Waals surface area (Å²) < 4.78 is 0. The van der Waals surface area contributed by atoms with E-state index < -0.39 is 0 Å². The lowest BCUT2D eigenvalue weighted by Gasteiger charge is -2.22. The third-order valence-electron chi connectivity index (χ3n) is 2.60. The summed E-state index contributed by atoms with van der Waals surface area (Å²) in [6, 6.07) is -0.160. The molecule has 0 unspecified atom stereocenters. The Balaban J connectivity index is 2.53. The Morgan fingerprint density at radius 2 is 2.29 bits per heavy atom. The van der Waals surface area contributed by atoms with Crippen molar-refractivity contribution in [1.29, 1.82) is 0 Å². The summed E-state index contributed by atoms with van der Waals surface area (Å²) in [5.74, 6) is 0.192. The van der Waals surface area contributed by atoms with Crippen LogP contribution in [0.4, 0.5) is 0 Å². The highest BCUT2D eigenvalue weighted by atomic mass is 16.2. The summed E-state index contributed by atoms with van der Waals surface area (Å²) in [6.07, 6.45) is 4.68. The summed E-state index contributed by atoms with van der Waals surface area (Å²) in [6.45, 7) is 5.87. The first-order chi connectivity index (χ1) is 6.66. The van der Waals surface area contributed by atoms with Gasteiger partial charge in [-0.2, -0.15) is 0 Å². The molecular weight excluding hydrogens is 178 g/mol. The van der Waals surface area contributed by atoms with Crippen LogP contribution in [0.3, 0.4) is 0 Å². The molecule has 1 rings (SSSR count). The minimum Gasteiger partial charge on any atom is -0.333 e. The fraction of sp³-hybridized carbons (Fsp3) is 0.636. The van der Waals surface area contributed by atoms with Gasteiger partial charge in [-0.25, -0.2) is 0 Å². The van der Waals surface area contributed by atoms with E-state index >= 15 is 0 Å². The average molecular weight is 195 g/mol. The van der Waals surface area contributed by atoms with E-state index in [1.54, 1.807) is 17.9 Å². The molecular formula is C11H17NO2. The van der Waals surface area contributed by atoms with Gasteiger partial charge in [0, 0.05) is 13.0 Å². The van der Waals surface area contributed by atoms with E-state index in [0.717, 1.165) is 19.4 Å². The fourth-order valence-electron chi connectivity index (χ4n) is 1.86. The maximum absolute atomic E-state index is 11.6. The quantitative estimate of drug-likeness (QED) is 0.638. The maximum Gasteiger partial charge on any atom is 0.223 e. The van der Waals surface area contributed by atoms with Crippen molar-refractivity contribution in [3.63, 3.8) is 0 Å². The predicted molar refractivity (Wildman–Crippen MR) is 54.8 cm³/mol. The number of hydrogen-bond acceptors (Lipinski definition) is 2. The van der Waals surface area contributed by atoms with Gasteiger partial charge in [-0.15, -0.1) is 6.58 Å². The van der Waals surface area contributed by atoms with E-state index in [9.17, 15) is 9.59 Å². The van der Waals surface area contributed by atoms with Crippen LogP contribution in [0.15, 0.2) is 12.7 Å². The molecule has 1 atom stereocenters. The Bertz CT molecular complexity index is 248. The third-order valence-corrected chi connectivity index (χ3v) is 2.60. The Hall–Kier alpha value is -1.12. The lowest BCUT2D eigenvalue weighted by Crippen LogP contribution is -2.39. The van der Waals surface area contributed by atoms with Crippen LogP contribution in [0.2, 0.25) is 0 Å². The van der Waals surface area contributed by atoms with Crippen molar-refractivity contribution in [3.05, 3.63) is 12.7 Å². The van der Waals surface area contributed by atoms with Gasteiger partial charge in [0.05, 0.1) is 6.04 Å². The Kier molecular flexibility index (Phi) is 3.86. The molecule has 1 aliphatic rings. The van der Waals surface area contributed by atoms with Crippen molar-refractivity contribution in [1.82, 2.24) is 4.90 Å². The number of ketones is 1. The third kappa shape index (κ3) is 2.44. The number of likely N-dealkylation sites (tertiary alicyclic amines) is 1. The summed E-state index contributed by atoms with van der Waals surface area (Å²) in [5.41, 5.74) is 0. The number of rotatable bonds is 4. The molecule has 1 saturated heterocycles. The van der Waals surface area contributed by atoms with Crippen LogP contribution in [0.25, 0.3) is 0 Å². The Morgan fingerprint density at radius 1 is 1.57 bits per heavy atom. The van der Waals surface area contributed by atoms with Crippen molar-refractivity contribution in [2.24, 2.45) is 0 Å². The minimum absolute atomic E-state index is 0.0857. The van der Waals surface area contributed by atoms with Gasteiger partial charge in [-0.1, -0.05) is 6.08 Å². The summed E-state index contributed by atoms with van der Waals surface area (Å²) in [7, 11) is 0. The second kappa shape index (κ2) is 4.94. The van der Waals surface area contributed by atoms with Gasteiger partial charge in [0.15, 0.2) is 5.78 Å². The fourth-order valence-corrected chi connectivity index (χ4v) is 1.86. The zero-order chi connectivity index (χ0) is 10.6. The van der Waals surface area contributed by atoms with E-state index in [2.05, 4.69) is 6.58 Å². The van der Waals surface area contributed by atoms with Crippen LogP contribution >= 0.6 is 0 Å². The molecule has 0 aromatic heterocycles. The molecule has 1 heterocycles. The second-order valence-electron chi connectivity index (χ2n) is 3.68. The molecule has 0 spiro atoms. The van der Waals surface area contributed by atoms with Crippen LogP contribution in [-0.4, -0.2) is 29.2 Å². The highest BCUT2D eigenvalue weighted by Gasteiger charge is 2.30. The van der Waals surface area contributed by atoms with Crippen LogP contribution in [0, 0.1) is 0 Å². The van der Waals surface area contributed by atoms with Crippen LogP contribution < -0.4 is 0 Å². The van der Waals surface area contributed by atoms with E-state index in [-0.39, 0.29) is 17.7 Å². The molecule has 0 N–H and O–H groups in total. The number of amides is 1. The SMILES string of the molecule is C=CCCC(=O)N1CCC[C@H]1C(C)=O. The molecule has 0 radical (unpaired) electrons. The maximum atomic E-state index is 11.6. The standard InChI is InChI=1S/C11H17NO2/c1-3-4-7-11(14)12-8-5-6-10(12)9(2)13/h3,10H,1,4-8H2,2H3/t10-/m0/s1. The van der Waals surface area contributed by atoms with Gasteiger partial charge < -0.3 is 4.90 Å². The zero-order valence-corrected chi connectivity index (χ0v) is 8.66. The molecule has 1 aliphatic heterocycles. The lowest BCUT2D eigenvalue weighted by atomic mass is 10.1. The van der Waals surface area contributed by atoms with E-state index in [1.807, 2.05) is 0 Å². The minimum atomic E-state index is -0.160. The summed E-state index contributed by atoms with van der Waals surface area (Å²) in [4.78, 5) is 24.6. The van der Waals surface area contributed by atoms with Crippen molar-refractivity contribution >= 4 is 11.7 Å². The normalized spacial score (nSPS) is 20.9. The van der Waals surface area contributed by atoms with E-state index in [0.29, 0.717) is 12.8 Å². The first kappa shape index (κ1) is 11.0. The van der Waals surface area contributed by atoms with Crippen molar-refractivity contribution in [2.45, 2.75) is 38.6 Å². The van der Waals surface area contributed by atoms with Gasteiger partial charge in [-0.05, 0) is 26.2 Å². The molecule has 0 saturated carbocycles. The zero-order valence-electron chi connectivity index (χ0n) is 8.66. The number of allylic oxidation sites excluding steroid dienone is 1. The molecule has 3 heteroatoms. The molecule has 14 heavy (non-hydrogen) atoms. The highest BCUT2D eigenvalue weighted by Crippen LogP contribution is 2.19. The second-order valence-corrected chi connectivity index (χ2v) is 3.68. The first-order valence-corrected chi connectivity index (χ1v) is 5.07. The molecule has 1 fully saturated rings. The van der Waals surface area contributed by atoms with Gasteiger partial charge in [0.25, 0.3) is 0 Å². The Morgan fingerprint density at radius 3 is 2.86 bits per heavy atom. The van der Waals surface area contributed by atoms with Crippen molar-refractivity contribution < 1.29 is 9.59 Å². The molecule has 3 nitrogen and oxygen atoms in total. The van der Waals surface area contributed by atoms with Crippen LogP contribution in [-0.2, 0) is 9.59 Å². The van der Waals surface area contributed by atoms with Gasteiger partial charge in [-0.3, -0.25) is 9.59 Å². The number of nitrogens with zero attached hydrogens (tertiary/aromatic N) is 1. The van der Waals surface area contributed by atoms with Gasteiger partial charge in [0.1, 0.15) is 0 Å². The smallest absolute Gasteiger partial charge is 0.223 e. The first-order valence-electron chi connectivity index (χ1n) is 5.07. The topological polar surface area (TPSA) is 37.4 Å². The molecule has 0 bridgehead atoms.